The molecule has 152 valence electrons. The van der Waals surface area contributed by atoms with Crippen LogP contribution in [-0.4, -0.2) is 48.1 Å². The highest BCUT2D eigenvalue weighted by Gasteiger charge is 2.50. The number of hydrogen-bond donors (Lipinski definition) is 2. The molecule has 2 aliphatic heterocycles. The monoisotopic (exact) mass is 405 g/mol. The third kappa shape index (κ3) is 3.56. The summed E-state index contributed by atoms with van der Waals surface area (Å²) in [5.41, 5.74) is 5.27. The molecule has 1 saturated heterocycles. The van der Waals surface area contributed by atoms with Crippen molar-refractivity contribution in [3.63, 3.8) is 0 Å². The van der Waals surface area contributed by atoms with Gasteiger partial charge >= 0.3 is 0 Å². The summed E-state index contributed by atoms with van der Waals surface area (Å²) in [5.74, 6) is -1.12. The lowest BCUT2D eigenvalue weighted by atomic mass is 9.83. The minimum Gasteiger partial charge on any atom is -0.463 e. The Morgan fingerprint density at radius 2 is 2.24 bits per heavy atom. The van der Waals surface area contributed by atoms with Crippen molar-refractivity contribution < 1.29 is 27.8 Å². The minimum atomic E-state index is -1.05. The molecule has 0 unspecified atom stereocenters. The van der Waals surface area contributed by atoms with E-state index in [0.717, 1.165) is 12.4 Å². The zero-order chi connectivity index (χ0) is 20.4. The number of carbonyl (C=O) groups excluding carboxylic acids is 1. The van der Waals surface area contributed by atoms with Crippen molar-refractivity contribution in [2.24, 2.45) is 10.7 Å². The predicted octanol–water partition coefficient (Wildman–Crippen LogP) is 1.50. The molecule has 1 aromatic carbocycles. The van der Waals surface area contributed by atoms with Gasteiger partial charge in [-0.25, -0.2) is 23.7 Å². The zero-order valence-electron chi connectivity index (χ0n) is 15.1. The van der Waals surface area contributed by atoms with Crippen molar-refractivity contribution in [1.29, 1.82) is 0 Å². The lowest BCUT2D eigenvalue weighted by Crippen LogP contribution is -2.45. The van der Waals surface area contributed by atoms with Gasteiger partial charge < -0.3 is 25.3 Å². The number of nitrogens with zero attached hydrogens (tertiary/aromatic N) is 3. The summed E-state index contributed by atoms with van der Waals surface area (Å²) in [6, 6.07) is 4.11. The van der Waals surface area contributed by atoms with Gasteiger partial charge in [-0.2, -0.15) is 0 Å². The molecule has 1 aromatic heterocycles. The maximum absolute atomic E-state index is 14.7. The number of alkyl halides is 1. The second-order valence-corrected chi connectivity index (χ2v) is 6.44. The van der Waals surface area contributed by atoms with Crippen LogP contribution in [0.5, 0.6) is 5.88 Å². The number of benzene rings is 1. The van der Waals surface area contributed by atoms with Gasteiger partial charge in [-0.05, 0) is 18.2 Å². The fourth-order valence-corrected chi connectivity index (χ4v) is 3.42. The number of nitrogens with one attached hydrogen (secondary N) is 1. The predicted molar refractivity (Wildman–Crippen MR) is 96.6 cm³/mol. The van der Waals surface area contributed by atoms with E-state index >= 15 is 0 Å². The van der Waals surface area contributed by atoms with Gasteiger partial charge in [-0.1, -0.05) is 0 Å². The molecule has 1 amide bonds. The molecule has 2 aromatic rings. The summed E-state index contributed by atoms with van der Waals surface area (Å²) >= 11 is 0. The first-order valence-corrected chi connectivity index (χ1v) is 8.74. The van der Waals surface area contributed by atoms with Crippen molar-refractivity contribution in [2.75, 3.05) is 25.4 Å². The van der Waals surface area contributed by atoms with E-state index in [9.17, 15) is 13.6 Å². The summed E-state index contributed by atoms with van der Waals surface area (Å²) in [5, 5.41) is 2.63. The molecular weight excluding hydrogens is 388 g/mol. The molecule has 0 radical (unpaired) electrons. The molecule has 0 saturated carbocycles. The van der Waals surface area contributed by atoms with E-state index in [2.05, 4.69) is 25.0 Å². The van der Waals surface area contributed by atoms with Gasteiger partial charge in [0.05, 0.1) is 19.0 Å². The number of fused-ring (bicyclic) bond motifs is 1. The summed E-state index contributed by atoms with van der Waals surface area (Å²) in [4.78, 5) is 24.4. The van der Waals surface area contributed by atoms with E-state index in [4.69, 9.17) is 15.2 Å². The molecule has 9 nitrogen and oxygen atoms in total. The molecular formula is C18H17F2N5O4. The number of hydrogen-bond acceptors (Lipinski definition) is 8. The molecule has 3 N–H and O–H groups in total. The van der Waals surface area contributed by atoms with Gasteiger partial charge in [-0.3, -0.25) is 4.79 Å². The first kappa shape index (κ1) is 19.0. The van der Waals surface area contributed by atoms with Gasteiger partial charge in [-0.15, -0.1) is 0 Å². The topological polar surface area (TPSA) is 121 Å². The van der Waals surface area contributed by atoms with Gasteiger partial charge in [0.2, 0.25) is 12.7 Å². The van der Waals surface area contributed by atoms with Gasteiger partial charge in [0.1, 0.15) is 29.8 Å². The largest absolute Gasteiger partial charge is 0.463 e. The summed E-state index contributed by atoms with van der Waals surface area (Å²) in [6.07, 6.45) is 2.22. The van der Waals surface area contributed by atoms with E-state index in [-0.39, 0.29) is 29.8 Å². The smallest absolute Gasteiger partial charge is 0.283 e. The normalized spacial score (nSPS) is 23.0. The molecule has 0 bridgehead atoms. The van der Waals surface area contributed by atoms with Gasteiger partial charge in [0, 0.05) is 17.7 Å². The van der Waals surface area contributed by atoms with Crippen LogP contribution in [0.4, 0.5) is 14.5 Å². The van der Waals surface area contributed by atoms with E-state index in [1.165, 1.54) is 18.2 Å². The fraction of sp³-hybridized carbons (Fsp3) is 0.333. The molecule has 0 spiro atoms. The lowest BCUT2D eigenvalue weighted by molar-refractivity contribution is 0.0208. The molecule has 2 aliphatic rings. The number of nitrogens with two attached hydrogens (primary N) is 1. The zero-order valence-corrected chi connectivity index (χ0v) is 15.1. The highest BCUT2D eigenvalue weighted by molar-refractivity contribution is 6.02. The van der Waals surface area contributed by atoms with Crippen molar-refractivity contribution in [2.45, 2.75) is 18.1 Å². The second-order valence-electron chi connectivity index (χ2n) is 6.44. The Hall–Kier alpha value is -3.34. The molecule has 29 heavy (non-hydrogen) atoms. The number of ether oxygens (including phenoxy) is 3. The highest BCUT2D eigenvalue weighted by atomic mass is 19.1. The number of halogens is 2. The summed E-state index contributed by atoms with van der Waals surface area (Å²) < 4.78 is 42.2. The van der Waals surface area contributed by atoms with Crippen LogP contribution in [-0.2, 0) is 15.0 Å². The van der Waals surface area contributed by atoms with Crippen LogP contribution < -0.4 is 15.8 Å². The van der Waals surface area contributed by atoms with Crippen LogP contribution in [0, 0.1) is 5.82 Å². The average Bonchev–Trinajstić information content (AvgIpc) is 3.14. The second kappa shape index (κ2) is 7.59. The Balaban J connectivity index is 1.60. The number of amides is 1. The molecule has 0 aliphatic carbocycles. The van der Waals surface area contributed by atoms with E-state index in [0.29, 0.717) is 18.7 Å². The van der Waals surface area contributed by atoms with Crippen LogP contribution in [0.15, 0.2) is 35.6 Å². The average molecular weight is 405 g/mol. The van der Waals surface area contributed by atoms with Crippen molar-refractivity contribution in [3.05, 3.63) is 47.7 Å². The fourth-order valence-electron chi connectivity index (χ4n) is 3.42. The maximum atomic E-state index is 14.7. The Morgan fingerprint density at radius 3 is 3.00 bits per heavy atom. The number of anilines is 1. The standard InChI is InChI=1S/C18H17F2N5O4/c19-9-29-15-7-22-13(6-23-15)16(26)24-10-1-2-12(20)11(5-10)18-3-4-27-14(18)8-28-17(21)25-18/h1-2,5-7,14H,3-4,8-9H2,(H2,21,25)(H,24,26)/t14-,18+/m1/s1. The molecule has 4 rings (SSSR count). The number of aromatic nitrogens is 2. The highest BCUT2D eigenvalue weighted by Crippen LogP contribution is 2.43. The van der Waals surface area contributed by atoms with Crippen LogP contribution in [0.25, 0.3) is 0 Å². The van der Waals surface area contributed by atoms with E-state index in [1.54, 1.807) is 0 Å². The van der Waals surface area contributed by atoms with Crippen molar-refractivity contribution in [3.8, 4) is 5.88 Å². The van der Waals surface area contributed by atoms with Gasteiger partial charge in [0.15, 0.2) is 0 Å². The molecule has 2 atom stereocenters. The van der Waals surface area contributed by atoms with Crippen LogP contribution in [0.1, 0.15) is 22.5 Å². The van der Waals surface area contributed by atoms with Crippen LogP contribution in [0.3, 0.4) is 0 Å². The Bertz CT molecular complexity index is 956. The maximum Gasteiger partial charge on any atom is 0.283 e. The van der Waals surface area contributed by atoms with Gasteiger partial charge in [0.25, 0.3) is 11.9 Å². The summed E-state index contributed by atoms with van der Waals surface area (Å²) in [7, 11) is 0. The molecule has 3 heterocycles. The lowest BCUT2D eigenvalue weighted by Gasteiger charge is -2.34. The number of aliphatic imine (C=N–C) groups is 1. The Kier molecular flexibility index (Phi) is 4.97. The number of rotatable bonds is 5. The Labute approximate surface area is 163 Å². The summed E-state index contributed by atoms with van der Waals surface area (Å²) in [6.45, 7) is -0.513. The minimum absolute atomic E-state index is 0.0179. The van der Waals surface area contributed by atoms with Crippen LogP contribution >= 0.6 is 0 Å². The SMILES string of the molecule is NC1=N[C@]2(c3cc(NC(=O)c4cnc(OCF)cn4)ccc3F)CCO[C@@H]2CO1. The number of amidine groups is 1. The molecule has 1 fully saturated rings. The number of carbonyl (C=O) groups is 1. The van der Waals surface area contributed by atoms with Crippen LogP contribution in [0.2, 0.25) is 0 Å². The quantitative estimate of drug-likeness (QED) is 0.773. The van der Waals surface area contributed by atoms with E-state index < -0.39 is 30.2 Å². The van der Waals surface area contributed by atoms with Crippen molar-refractivity contribution >= 4 is 17.6 Å². The first-order valence-electron chi connectivity index (χ1n) is 8.74. The first-order chi connectivity index (χ1) is 14.0. The van der Waals surface area contributed by atoms with Crippen molar-refractivity contribution in [1.82, 2.24) is 9.97 Å². The Morgan fingerprint density at radius 1 is 1.38 bits per heavy atom. The molecule has 11 heteroatoms. The van der Waals surface area contributed by atoms with E-state index in [1.807, 2.05) is 0 Å². The third-order valence-electron chi connectivity index (χ3n) is 4.78. The third-order valence-corrected chi connectivity index (χ3v) is 4.78.